The molecule has 0 aliphatic carbocycles. The predicted molar refractivity (Wildman–Crippen MR) is 64.1 cm³/mol. The molecule has 0 radical (unpaired) electrons. The molecule has 0 saturated carbocycles. The van der Waals surface area contributed by atoms with Crippen LogP contribution in [0.1, 0.15) is 19.8 Å². The third-order valence-corrected chi connectivity index (χ3v) is 3.21. The zero-order valence-corrected chi connectivity index (χ0v) is 10.6. The lowest BCUT2D eigenvalue weighted by atomic mass is 10.00. The fourth-order valence-electron chi connectivity index (χ4n) is 2.17. The number of nitriles is 1. The van der Waals surface area contributed by atoms with Crippen LogP contribution in [0.25, 0.3) is 0 Å². The van der Waals surface area contributed by atoms with E-state index in [1.54, 1.807) is 0 Å². The highest BCUT2D eigenvalue weighted by Crippen LogP contribution is 2.15. The van der Waals surface area contributed by atoms with Gasteiger partial charge in [0.1, 0.15) is 5.54 Å². The van der Waals surface area contributed by atoms with Gasteiger partial charge in [-0.15, -0.1) is 0 Å². The molecule has 0 bridgehead atoms. The molecular weight excluding hydrogens is 202 g/mol. The summed E-state index contributed by atoms with van der Waals surface area (Å²) in [6, 6.07) is 2.31. The van der Waals surface area contributed by atoms with Crippen molar-refractivity contribution in [1.82, 2.24) is 10.2 Å². The van der Waals surface area contributed by atoms with E-state index in [0.29, 0.717) is 5.92 Å². The second kappa shape index (κ2) is 6.19. The number of likely N-dealkylation sites (N-methyl/N-ethyl adjacent to an activating group) is 2. The third-order valence-electron chi connectivity index (χ3n) is 3.21. The van der Waals surface area contributed by atoms with E-state index in [1.807, 2.05) is 14.0 Å². The Bertz CT molecular complexity index is 245. The SMILES string of the molecule is CNC(C)(C#N)CN(C)CC1CCCOC1. The summed E-state index contributed by atoms with van der Waals surface area (Å²) in [6.07, 6.45) is 2.41. The van der Waals surface area contributed by atoms with Gasteiger partial charge < -0.3 is 15.0 Å². The molecule has 0 amide bonds. The summed E-state index contributed by atoms with van der Waals surface area (Å²) in [7, 11) is 3.91. The van der Waals surface area contributed by atoms with E-state index in [9.17, 15) is 0 Å². The topological polar surface area (TPSA) is 48.3 Å². The molecule has 0 aromatic carbocycles. The maximum atomic E-state index is 9.08. The number of hydrogen-bond acceptors (Lipinski definition) is 4. The van der Waals surface area contributed by atoms with E-state index in [1.165, 1.54) is 12.8 Å². The van der Waals surface area contributed by atoms with Crippen LogP contribution in [-0.2, 0) is 4.74 Å². The minimum atomic E-state index is -0.454. The van der Waals surface area contributed by atoms with Crippen LogP contribution in [0.15, 0.2) is 0 Å². The molecule has 1 fully saturated rings. The zero-order chi connectivity index (χ0) is 12.0. The van der Waals surface area contributed by atoms with Gasteiger partial charge >= 0.3 is 0 Å². The first-order valence-corrected chi connectivity index (χ1v) is 5.96. The smallest absolute Gasteiger partial charge is 0.116 e. The lowest BCUT2D eigenvalue weighted by molar-refractivity contribution is 0.0401. The summed E-state index contributed by atoms with van der Waals surface area (Å²) in [5.41, 5.74) is -0.454. The average molecular weight is 225 g/mol. The maximum Gasteiger partial charge on any atom is 0.116 e. The molecule has 1 N–H and O–H groups in total. The van der Waals surface area contributed by atoms with Gasteiger partial charge in [-0.1, -0.05) is 0 Å². The van der Waals surface area contributed by atoms with Crippen LogP contribution in [0.4, 0.5) is 0 Å². The second-order valence-corrected chi connectivity index (χ2v) is 4.97. The lowest BCUT2D eigenvalue weighted by Gasteiger charge is -2.31. The summed E-state index contributed by atoms with van der Waals surface area (Å²) in [5.74, 6) is 0.624. The van der Waals surface area contributed by atoms with E-state index < -0.39 is 5.54 Å². The van der Waals surface area contributed by atoms with E-state index in [2.05, 4.69) is 23.3 Å². The molecule has 2 unspecified atom stereocenters. The van der Waals surface area contributed by atoms with E-state index in [-0.39, 0.29) is 0 Å². The van der Waals surface area contributed by atoms with Crippen LogP contribution < -0.4 is 5.32 Å². The highest BCUT2D eigenvalue weighted by Gasteiger charge is 2.25. The van der Waals surface area contributed by atoms with Crippen molar-refractivity contribution in [3.63, 3.8) is 0 Å². The van der Waals surface area contributed by atoms with Crippen molar-refractivity contribution in [2.45, 2.75) is 25.3 Å². The molecule has 4 nitrogen and oxygen atoms in total. The van der Waals surface area contributed by atoms with Gasteiger partial charge in [-0.2, -0.15) is 5.26 Å². The van der Waals surface area contributed by atoms with E-state index >= 15 is 0 Å². The van der Waals surface area contributed by atoms with Gasteiger partial charge in [0.2, 0.25) is 0 Å². The first-order valence-electron chi connectivity index (χ1n) is 5.96. The normalized spacial score (nSPS) is 25.1. The standard InChI is InChI=1S/C12H23N3O/c1-12(9-13,14-2)10-15(3)7-11-5-4-6-16-8-11/h11,14H,4-8,10H2,1-3H3. The monoisotopic (exact) mass is 225 g/mol. The molecule has 0 spiro atoms. The molecule has 4 heteroatoms. The molecular formula is C12H23N3O. The predicted octanol–water partition coefficient (Wildman–Crippen LogP) is 0.846. The number of rotatable bonds is 5. The molecule has 1 aliphatic heterocycles. The van der Waals surface area contributed by atoms with Crippen LogP contribution in [0.5, 0.6) is 0 Å². The fraction of sp³-hybridized carbons (Fsp3) is 0.917. The Hall–Kier alpha value is -0.630. The Labute approximate surface area is 98.6 Å². The first kappa shape index (κ1) is 13.4. The van der Waals surface area contributed by atoms with Gasteiger partial charge in [0.25, 0.3) is 0 Å². The van der Waals surface area contributed by atoms with Crippen molar-refractivity contribution in [3.05, 3.63) is 0 Å². The Morgan fingerprint density at radius 1 is 1.62 bits per heavy atom. The highest BCUT2D eigenvalue weighted by atomic mass is 16.5. The van der Waals surface area contributed by atoms with E-state index in [0.717, 1.165) is 26.3 Å². The molecule has 1 rings (SSSR count). The van der Waals surface area contributed by atoms with Gasteiger partial charge in [-0.3, -0.25) is 0 Å². The fourth-order valence-corrected chi connectivity index (χ4v) is 2.17. The Morgan fingerprint density at radius 3 is 2.88 bits per heavy atom. The largest absolute Gasteiger partial charge is 0.381 e. The van der Waals surface area contributed by atoms with Crippen molar-refractivity contribution < 1.29 is 4.74 Å². The van der Waals surface area contributed by atoms with Gasteiger partial charge in [0, 0.05) is 19.7 Å². The summed E-state index contributed by atoms with van der Waals surface area (Å²) in [6.45, 7) is 5.47. The van der Waals surface area contributed by atoms with Gasteiger partial charge in [0.15, 0.2) is 0 Å². The van der Waals surface area contributed by atoms with Crippen molar-refractivity contribution in [2.24, 2.45) is 5.92 Å². The second-order valence-electron chi connectivity index (χ2n) is 4.97. The Morgan fingerprint density at radius 2 is 2.38 bits per heavy atom. The van der Waals surface area contributed by atoms with Gasteiger partial charge in [0.05, 0.1) is 12.7 Å². The van der Waals surface area contributed by atoms with E-state index in [4.69, 9.17) is 10.00 Å². The lowest BCUT2D eigenvalue weighted by Crippen LogP contribution is -2.49. The molecule has 16 heavy (non-hydrogen) atoms. The van der Waals surface area contributed by atoms with Crippen LogP contribution in [0.2, 0.25) is 0 Å². The van der Waals surface area contributed by atoms with Gasteiger partial charge in [-0.25, -0.2) is 0 Å². The van der Waals surface area contributed by atoms with Crippen molar-refractivity contribution in [2.75, 3.05) is 40.4 Å². The van der Waals surface area contributed by atoms with Crippen LogP contribution in [0.3, 0.4) is 0 Å². The number of hydrogen-bond donors (Lipinski definition) is 1. The highest BCUT2D eigenvalue weighted by molar-refractivity contribution is 5.04. The summed E-state index contributed by atoms with van der Waals surface area (Å²) >= 11 is 0. The average Bonchev–Trinajstić information content (AvgIpc) is 2.30. The molecule has 0 aromatic rings. The molecule has 1 heterocycles. The van der Waals surface area contributed by atoms with Crippen molar-refractivity contribution in [1.29, 1.82) is 5.26 Å². The zero-order valence-electron chi connectivity index (χ0n) is 10.6. The number of ether oxygens (including phenoxy) is 1. The Balaban J connectivity index is 2.34. The minimum Gasteiger partial charge on any atom is -0.381 e. The molecule has 2 atom stereocenters. The summed E-state index contributed by atoms with van der Waals surface area (Å²) in [4.78, 5) is 2.22. The number of nitrogens with one attached hydrogen (secondary N) is 1. The van der Waals surface area contributed by atoms with Crippen molar-refractivity contribution in [3.8, 4) is 6.07 Å². The Kier molecular flexibility index (Phi) is 5.20. The first-order chi connectivity index (χ1) is 7.59. The quantitative estimate of drug-likeness (QED) is 0.753. The van der Waals surface area contributed by atoms with Crippen LogP contribution in [0, 0.1) is 17.2 Å². The third kappa shape index (κ3) is 4.09. The minimum absolute atomic E-state index is 0.454. The van der Waals surface area contributed by atoms with Crippen molar-refractivity contribution >= 4 is 0 Å². The molecule has 92 valence electrons. The summed E-state index contributed by atoms with van der Waals surface area (Å²) in [5, 5.41) is 12.1. The number of nitrogens with zero attached hydrogens (tertiary/aromatic N) is 2. The molecule has 0 aromatic heterocycles. The molecule has 1 aliphatic rings. The molecule has 1 saturated heterocycles. The van der Waals surface area contributed by atoms with Crippen LogP contribution in [-0.4, -0.2) is 50.8 Å². The summed E-state index contributed by atoms with van der Waals surface area (Å²) < 4.78 is 5.46. The maximum absolute atomic E-state index is 9.08. The van der Waals surface area contributed by atoms with Crippen LogP contribution >= 0.6 is 0 Å². The van der Waals surface area contributed by atoms with Gasteiger partial charge in [-0.05, 0) is 39.8 Å².